The first-order valence-electron chi connectivity index (χ1n) is 17.3. The van der Waals surface area contributed by atoms with Crippen molar-refractivity contribution in [2.24, 2.45) is 10.7 Å². The van der Waals surface area contributed by atoms with E-state index >= 15 is 0 Å². The molecule has 0 saturated carbocycles. The molecule has 0 bridgehead atoms. The van der Waals surface area contributed by atoms with E-state index in [1.165, 1.54) is 21.9 Å². The number of aliphatic imine (C=N–C) groups is 1. The number of aromatic nitrogens is 2. The lowest BCUT2D eigenvalue weighted by Gasteiger charge is -2.13. The van der Waals surface area contributed by atoms with Crippen molar-refractivity contribution in [3.05, 3.63) is 193 Å². The number of nitrogens with zero attached hydrogens (tertiary/aromatic N) is 3. The molecule has 0 aliphatic heterocycles. The Bertz CT molecular complexity index is 2740. The van der Waals surface area contributed by atoms with E-state index in [0.717, 1.165) is 49.6 Å². The number of benzene rings is 7. The Balaban J connectivity index is 1.25. The Labute approximate surface area is 301 Å². The minimum atomic E-state index is 0.0723. The number of fused-ring (bicyclic) bond motifs is 5. The summed E-state index contributed by atoms with van der Waals surface area (Å²) in [4.78, 5) is 9.34. The van der Waals surface area contributed by atoms with Crippen LogP contribution in [0.4, 0.5) is 0 Å². The first-order chi connectivity index (χ1) is 25.6. The lowest BCUT2D eigenvalue weighted by atomic mass is 9.93. The van der Waals surface area contributed by atoms with E-state index in [9.17, 15) is 0 Å². The average molecular weight is 668 g/mol. The second kappa shape index (κ2) is 13.0. The van der Waals surface area contributed by atoms with Crippen LogP contribution >= 0.6 is 0 Å². The van der Waals surface area contributed by atoms with Crippen molar-refractivity contribution in [1.82, 2.24) is 9.55 Å². The largest absolute Gasteiger partial charge is 0.383 e. The smallest absolute Gasteiger partial charge is 0.154 e. The monoisotopic (exact) mass is 667 g/mol. The van der Waals surface area contributed by atoms with Gasteiger partial charge < -0.3 is 5.73 Å². The van der Waals surface area contributed by atoms with Crippen molar-refractivity contribution in [3.8, 4) is 39.2 Å². The third-order valence-electron chi connectivity index (χ3n) is 9.69. The van der Waals surface area contributed by atoms with Gasteiger partial charge in [0.25, 0.3) is 0 Å². The first-order valence-corrected chi connectivity index (χ1v) is 17.3. The molecule has 52 heavy (non-hydrogen) atoms. The molecule has 0 aliphatic rings. The zero-order chi connectivity index (χ0) is 35.0. The minimum Gasteiger partial charge on any atom is -0.383 e. The minimum absolute atomic E-state index is 0.0723. The summed E-state index contributed by atoms with van der Waals surface area (Å²) in [5.74, 6) is 1.07. The van der Waals surface area contributed by atoms with Gasteiger partial charge in [-0.3, -0.25) is 9.98 Å². The SMILES string of the molecule is N=C(N=C(N)c1ccccc1)c1ccnc(-n2c3cc(-c4cc(-c5ccccc5)cc(-c5ccccc5)c4)ccc3c3c4ccccc4ccc32)c1. The Kier molecular flexibility index (Phi) is 7.71. The van der Waals surface area contributed by atoms with E-state index in [1.807, 2.05) is 42.5 Å². The van der Waals surface area contributed by atoms with Gasteiger partial charge in [-0.15, -0.1) is 0 Å². The average Bonchev–Trinajstić information content (AvgIpc) is 3.56. The van der Waals surface area contributed by atoms with Crippen LogP contribution in [0.1, 0.15) is 11.1 Å². The number of hydrogen-bond donors (Lipinski definition) is 2. The van der Waals surface area contributed by atoms with Crippen LogP contribution in [0.15, 0.2) is 187 Å². The third-order valence-corrected chi connectivity index (χ3v) is 9.69. The van der Waals surface area contributed by atoms with Gasteiger partial charge in [0, 0.05) is 28.1 Å². The van der Waals surface area contributed by atoms with Crippen molar-refractivity contribution >= 4 is 44.2 Å². The van der Waals surface area contributed by atoms with Crippen LogP contribution in [0.25, 0.3) is 71.8 Å². The molecule has 0 spiro atoms. The van der Waals surface area contributed by atoms with Crippen molar-refractivity contribution in [3.63, 3.8) is 0 Å². The normalized spacial score (nSPS) is 11.7. The molecule has 2 aromatic heterocycles. The van der Waals surface area contributed by atoms with Gasteiger partial charge in [0.1, 0.15) is 11.7 Å². The summed E-state index contributed by atoms with van der Waals surface area (Å²) in [6.07, 6.45) is 1.74. The van der Waals surface area contributed by atoms with Gasteiger partial charge in [-0.05, 0) is 86.6 Å². The lowest BCUT2D eigenvalue weighted by molar-refractivity contribution is 1.08. The molecule has 0 fully saturated rings. The van der Waals surface area contributed by atoms with Gasteiger partial charge in [0.05, 0.1) is 11.0 Å². The molecular formula is C47H33N5. The summed E-state index contributed by atoms with van der Waals surface area (Å²) < 4.78 is 2.21. The maximum absolute atomic E-state index is 8.89. The van der Waals surface area contributed by atoms with Gasteiger partial charge in [-0.2, -0.15) is 0 Å². The number of nitrogens with two attached hydrogens (primary N) is 1. The summed E-state index contributed by atoms with van der Waals surface area (Å²) in [6.45, 7) is 0. The summed E-state index contributed by atoms with van der Waals surface area (Å²) in [6, 6.07) is 60.8. The Morgan fingerprint density at radius 3 is 1.81 bits per heavy atom. The topological polar surface area (TPSA) is 80.1 Å². The van der Waals surface area contributed by atoms with Crippen LogP contribution in [0.5, 0.6) is 0 Å². The summed E-state index contributed by atoms with van der Waals surface area (Å²) >= 11 is 0. The van der Waals surface area contributed by atoms with Gasteiger partial charge in [0.2, 0.25) is 0 Å². The first kappa shape index (κ1) is 30.9. The van der Waals surface area contributed by atoms with Crippen molar-refractivity contribution in [2.75, 3.05) is 0 Å². The highest BCUT2D eigenvalue weighted by molar-refractivity contribution is 6.21. The second-order valence-corrected chi connectivity index (χ2v) is 12.9. The van der Waals surface area contributed by atoms with Crippen LogP contribution < -0.4 is 5.73 Å². The van der Waals surface area contributed by atoms with E-state index < -0.39 is 0 Å². The van der Waals surface area contributed by atoms with Crippen molar-refractivity contribution in [1.29, 1.82) is 5.41 Å². The predicted molar refractivity (Wildman–Crippen MR) is 216 cm³/mol. The molecule has 0 aliphatic carbocycles. The highest BCUT2D eigenvalue weighted by Crippen LogP contribution is 2.40. The molecule has 3 N–H and O–H groups in total. The maximum Gasteiger partial charge on any atom is 0.154 e. The molecule has 0 atom stereocenters. The predicted octanol–water partition coefficient (Wildman–Crippen LogP) is 11.1. The highest BCUT2D eigenvalue weighted by atomic mass is 15.1. The number of amidine groups is 2. The number of rotatable bonds is 6. The van der Waals surface area contributed by atoms with Gasteiger partial charge >= 0.3 is 0 Å². The summed E-state index contributed by atoms with van der Waals surface area (Å²) in [5, 5.41) is 13.5. The van der Waals surface area contributed by atoms with Gasteiger partial charge in [0.15, 0.2) is 5.84 Å². The molecule has 5 heteroatoms. The van der Waals surface area contributed by atoms with E-state index in [4.69, 9.17) is 16.1 Å². The van der Waals surface area contributed by atoms with Crippen molar-refractivity contribution < 1.29 is 0 Å². The molecule has 0 amide bonds. The second-order valence-electron chi connectivity index (χ2n) is 12.9. The zero-order valence-electron chi connectivity index (χ0n) is 28.2. The van der Waals surface area contributed by atoms with E-state index in [1.54, 1.807) is 6.20 Å². The maximum atomic E-state index is 8.89. The van der Waals surface area contributed by atoms with Crippen LogP contribution in [-0.2, 0) is 0 Å². The van der Waals surface area contributed by atoms with Crippen LogP contribution in [-0.4, -0.2) is 21.2 Å². The number of pyridine rings is 1. The fraction of sp³-hybridized carbons (Fsp3) is 0. The van der Waals surface area contributed by atoms with Gasteiger partial charge in [-0.25, -0.2) is 9.98 Å². The fourth-order valence-corrected chi connectivity index (χ4v) is 7.15. The highest BCUT2D eigenvalue weighted by Gasteiger charge is 2.18. The molecule has 5 nitrogen and oxygen atoms in total. The molecule has 9 aromatic rings. The molecule has 2 heterocycles. The quantitative estimate of drug-likeness (QED) is 0.137. The number of nitrogens with one attached hydrogen (secondary N) is 1. The molecule has 246 valence electrons. The molecule has 0 radical (unpaired) electrons. The summed E-state index contributed by atoms with van der Waals surface area (Å²) in [7, 11) is 0. The zero-order valence-corrected chi connectivity index (χ0v) is 28.2. The van der Waals surface area contributed by atoms with Crippen molar-refractivity contribution in [2.45, 2.75) is 0 Å². The molecule has 0 unspecified atom stereocenters. The third kappa shape index (κ3) is 5.60. The van der Waals surface area contributed by atoms with Crippen LogP contribution in [0.3, 0.4) is 0 Å². The molecule has 9 rings (SSSR count). The Morgan fingerprint density at radius 1 is 0.500 bits per heavy atom. The van der Waals surface area contributed by atoms with E-state index in [2.05, 4.69) is 143 Å². The van der Waals surface area contributed by atoms with E-state index in [0.29, 0.717) is 17.2 Å². The fourth-order valence-electron chi connectivity index (χ4n) is 7.15. The van der Waals surface area contributed by atoms with Gasteiger partial charge in [-0.1, -0.05) is 133 Å². The molecular weight excluding hydrogens is 635 g/mol. The summed E-state index contributed by atoms with van der Waals surface area (Å²) in [5.41, 5.74) is 16.7. The van der Waals surface area contributed by atoms with Crippen LogP contribution in [0, 0.1) is 5.41 Å². The van der Waals surface area contributed by atoms with Crippen LogP contribution in [0.2, 0.25) is 0 Å². The van der Waals surface area contributed by atoms with E-state index in [-0.39, 0.29) is 5.84 Å². The Morgan fingerprint density at radius 2 is 1.12 bits per heavy atom. The molecule has 7 aromatic carbocycles. The lowest BCUT2D eigenvalue weighted by Crippen LogP contribution is -2.16. The molecule has 0 saturated heterocycles. The standard InChI is InChI=1S/C47H33N5/c48-46(34-17-8-3-9-18-34)51-47(49)36-24-25-50-44(30-36)52-42-23-21-33-16-10-11-19-40(33)45(42)41-22-20-35(29-43(41)52)39-27-37(31-12-4-1-5-13-31)26-38(28-39)32-14-6-2-7-15-32/h1-30H,(H3,48,49,51). The number of hydrogen-bond acceptors (Lipinski definition) is 2. The Hall–Kier alpha value is -7.11.